The topological polar surface area (TPSA) is 81.1 Å². The van der Waals surface area contributed by atoms with Gasteiger partial charge in [-0.05, 0) is 48.9 Å². The molecule has 0 bridgehead atoms. The second-order valence-corrected chi connectivity index (χ2v) is 8.54. The first-order valence-corrected chi connectivity index (χ1v) is 10.8. The summed E-state index contributed by atoms with van der Waals surface area (Å²) in [4.78, 5) is 26.5. The molecule has 1 unspecified atom stereocenters. The third-order valence-electron chi connectivity index (χ3n) is 5.28. The largest absolute Gasteiger partial charge is 0.478 e. The molecule has 0 aliphatic carbocycles. The second-order valence-electron chi connectivity index (χ2n) is 7.46. The lowest BCUT2D eigenvalue weighted by Gasteiger charge is -2.38. The summed E-state index contributed by atoms with van der Waals surface area (Å²) in [6.45, 7) is 4.35. The van der Waals surface area contributed by atoms with Crippen molar-refractivity contribution in [3.63, 3.8) is 0 Å². The summed E-state index contributed by atoms with van der Waals surface area (Å²) < 4.78 is 13.7. The highest BCUT2D eigenvalue weighted by Gasteiger charge is 2.29. The average molecular weight is 445 g/mol. The second kappa shape index (κ2) is 10.6. The first-order chi connectivity index (χ1) is 14.8. The van der Waals surface area contributed by atoms with Gasteiger partial charge in [0.25, 0.3) is 0 Å². The summed E-state index contributed by atoms with van der Waals surface area (Å²) in [6.07, 6.45) is 2.01. The molecule has 1 fully saturated rings. The number of benzene rings is 2. The predicted octanol–water partition coefficient (Wildman–Crippen LogP) is 3.53. The molecule has 2 heterocycles. The molecular formula is C23H25FN2O4S. The van der Waals surface area contributed by atoms with E-state index >= 15 is 0 Å². The number of nitrogens with zero attached hydrogens (tertiary/aromatic N) is 2. The number of hydrogen-bond donors (Lipinski definition) is 2. The number of likely N-dealkylation sites (N-methyl/N-ethyl adjacent to an activating group) is 1. The number of carboxylic acids is 2. The van der Waals surface area contributed by atoms with Gasteiger partial charge >= 0.3 is 11.9 Å². The van der Waals surface area contributed by atoms with Crippen molar-refractivity contribution in [2.24, 2.45) is 0 Å². The van der Waals surface area contributed by atoms with Gasteiger partial charge in [-0.25, -0.2) is 14.0 Å². The van der Waals surface area contributed by atoms with Gasteiger partial charge in [-0.3, -0.25) is 4.90 Å². The van der Waals surface area contributed by atoms with E-state index in [-0.39, 0.29) is 5.82 Å². The maximum Gasteiger partial charge on any atom is 0.328 e. The van der Waals surface area contributed by atoms with Crippen LogP contribution in [0.25, 0.3) is 0 Å². The maximum atomic E-state index is 13.7. The molecule has 2 N–H and O–H groups in total. The molecule has 0 radical (unpaired) electrons. The number of rotatable bonds is 3. The molecule has 31 heavy (non-hydrogen) atoms. The van der Waals surface area contributed by atoms with Crippen LogP contribution in [0.1, 0.15) is 17.2 Å². The number of piperazine rings is 1. The van der Waals surface area contributed by atoms with Crippen LogP contribution in [0, 0.1) is 5.82 Å². The van der Waals surface area contributed by atoms with E-state index < -0.39 is 11.9 Å². The van der Waals surface area contributed by atoms with Gasteiger partial charge in [0, 0.05) is 54.2 Å². The van der Waals surface area contributed by atoms with Crippen molar-refractivity contribution < 1.29 is 24.2 Å². The summed E-state index contributed by atoms with van der Waals surface area (Å²) in [6, 6.07) is 14.2. The van der Waals surface area contributed by atoms with Crippen LogP contribution in [0.5, 0.6) is 0 Å². The molecule has 0 aromatic heterocycles. The van der Waals surface area contributed by atoms with E-state index in [1.807, 2.05) is 6.07 Å². The monoisotopic (exact) mass is 444 g/mol. The van der Waals surface area contributed by atoms with E-state index in [9.17, 15) is 14.0 Å². The van der Waals surface area contributed by atoms with Crippen LogP contribution in [-0.2, 0) is 16.0 Å². The van der Waals surface area contributed by atoms with Crippen LogP contribution < -0.4 is 0 Å². The Labute approximate surface area is 185 Å². The van der Waals surface area contributed by atoms with Crippen LogP contribution >= 0.6 is 11.8 Å². The van der Waals surface area contributed by atoms with Crippen molar-refractivity contribution in [2.75, 3.05) is 33.2 Å². The molecule has 4 rings (SSSR count). The Morgan fingerprint density at radius 2 is 1.65 bits per heavy atom. The van der Waals surface area contributed by atoms with Crippen molar-refractivity contribution in [3.8, 4) is 0 Å². The van der Waals surface area contributed by atoms with E-state index in [4.69, 9.17) is 10.2 Å². The molecule has 1 saturated heterocycles. The number of fused-ring (bicyclic) bond motifs is 2. The highest BCUT2D eigenvalue weighted by Crippen LogP contribution is 2.43. The minimum Gasteiger partial charge on any atom is -0.478 e. The van der Waals surface area contributed by atoms with Crippen molar-refractivity contribution in [3.05, 3.63) is 71.6 Å². The number of halogens is 1. The molecule has 2 aliphatic heterocycles. The molecule has 0 amide bonds. The van der Waals surface area contributed by atoms with Crippen molar-refractivity contribution >= 4 is 23.7 Å². The molecule has 8 heteroatoms. The van der Waals surface area contributed by atoms with E-state index in [2.05, 4.69) is 41.1 Å². The summed E-state index contributed by atoms with van der Waals surface area (Å²) in [7, 11) is 2.18. The minimum atomic E-state index is -1.26. The molecule has 6 nitrogen and oxygen atoms in total. The Hall–Kier alpha value is -2.68. The molecular weight excluding hydrogens is 419 g/mol. The van der Waals surface area contributed by atoms with Gasteiger partial charge in [-0.1, -0.05) is 30.0 Å². The Kier molecular flexibility index (Phi) is 7.84. The van der Waals surface area contributed by atoms with Crippen molar-refractivity contribution in [1.82, 2.24) is 9.80 Å². The highest BCUT2D eigenvalue weighted by atomic mass is 32.2. The third-order valence-corrected chi connectivity index (χ3v) is 6.49. The van der Waals surface area contributed by atoms with Crippen LogP contribution in [0.15, 0.2) is 64.4 Å². The third kappa shape index (κ3) is 6.40. The zero-order valence-electron chi connectivity index (χ0n) is 17.2. The Bertz CT molecular complexity index is 958. The molecule has 0 spiro atoms. The van der Waals surface area contributed by atoms with Crippen LogP contribution in [0.4, 0.5) is 4.39 Å². The summed E-state index contributed by atoms with van der Waals surface area (Å²) in [5.74, 6) is -2.65. The Morgan fingerprint density at radius 3 is 2.29 bits per heavy atom. The number of aliphatic carboxylic acids is 2. The lowest BCUT2D eigenvalue weighted by Crippen LogP contribution is -2.46. The van der Waals surface area contributed by atoms with Gasteiger partial charge in [0.2, 0.25) is 0 Å². The smallest absolute Gasteiger partial charge is 0.328 e. The van der Waals surface area contributed by atoms with E-state index in [1.165, 1.54) is 15.4 Å². The van der Waals surface area contributed by atoms with Crippen LogP contribution in [-0.4, -0.2) is 65.2 Å². The lowest BCUT2D eigenvalue weighted by molar-refractivity contribution is -0.134. The SMILES string of the molecule is CN1CCN(C2Cc3cc(F)ccc3Sc3ccccc32)CC1.O=C(O)/C=C\C(=O)O. The van der Waals surface area contributed by atoms with E-state index in [0.717, 1.165) is 38.2 Å². The van der Waals surface area contributed by atoms with E-state index in [1.54, 1.807) is 23.9 Å². The van der Waals surface area contributed by atoms with Gasteiger partial charge in [0.15, 0.2) is 0 Å². The molecule has 0 saturated carbocycles. The Morgan fingerprint density at radius 1 is 1.00 bits per heavy atom. The molecule has 1 atom stereocenters. The van der Waals surface area contributed by atoms with Gasteiger partial charge in [0.1, 0.15) is 5.82 Å². The summed E-state index contributed by atoms with van der Waals surface area (Å²) >= 11 is 1.78. The fraction of sp³-hybridized carbons (Fsp3) is 0.304. The standard InChI is InChI=1S/C19H21FN2S.C4H4O4/c1-21-8-10-22(11-9-21)17-13-14-12-15(20)6-7-18(14)23-19-5-3-2-4-16(17)19;5-3(6)1-2-4(7)8/h2-7,12,17H,8-11,13H2,1H3;1-2H,(H,5,6)(H,7,8)/b;2-1-. The van der Waals surface area contributed by atoms with Gasteiger partial charge in [-0.15, -0.1) is 0 Å². The maximum absolute atomic E-state index is 13.7. The summed E-state index contributed by atoms with van der Waals surface area (Å²) in [5.41, 5.74) is 2.52. The van der Waals surface area contributed by atoms with Crippen LogP contribution in [0.2, 0.25) is 0 Å². The van der Waals surface area contributed by atoms with Crippen molar-refractivity contribution in [2.45, 2.75) is 22.3 Å². The normalized spacial score (nSPS) is 19.0. The lowest BCUT2D eigenvalue weighted by atomic mass is 9.96. The number of carbonyl (C=O) groups is 2. The zero-order chi connectivity index (χ0) is 22.4. The van der Waals surface area contributed by atoms with Gasteiger partial charge < -0.3 is 15.1 Å². The molecule has 2 aromatic rings. The molecule has 2 aliphatic rings. The number of carboxylic acid groups (broad SMARTS) is 2. The van der Waals surface area contributed by atoms with Gasteiger partial charge in [-0.2, -0.15) is 0 Å². The first kappa shape index (κ1) is 23.0. The first-order valence-electron chi connectivity index (χ1n) is 9.95. The summed E-state index contributed by atoms with van der Waals surface area (Å²) in [5, 5.41) is 15.6. The van der Waals surface area contributed by atoms with Gasteiger partial charge in [0.05, 0.1) is 0 Å². The van der Waals surface area contributed by atoms with E-state index in [0.29, 0.717) is 18.2 Å². The van der Waals surface area contributed by atoms with Crippen LogP contribution in [0.3, 0.4) is 0 Å². The molecule has 164 valence electrons. The Balaban J connectivity index is 0.000000293. The fourth-order valence-corrected chi connectivity index (χ4v) is 4.81. The van der Waals surface area contributed by atoms with Crippen molar-refractivity contribution in [1.29, 1.82) is 0 Å². The molecule has 2 aromatic carbocycles. The zero-order valence-corrected chi connectivity index (χ0v) is 18.0. The highest BCUT2D eigenvalue weighted by molar-refractivity contribution is 7.99. The quantitative estimate of drug-likeness (QED) is 0.701. The average Bonchev–Trinajstić information content (AvgIpc) is 2.90. The minimum absolute atomic E-state index is 0.132. The predicted molar refractivity (Wildman–Crippen MR) is 117 cm³/mol. The number of hydrogen-bond acceptors (Lipinski definition) is 5. The fourth-order valence-electron chi connectivity index (χ4n) is 3.69.